The van der Waals surface area contributed by atoms with Crippen LogP contribution in [0.4, 0.5) is 0 Å². The highest BCUT2D eigenvalue weighted by Gasteiger charge is 2.69. The number of carbonyl (C=O) groups excluding carboxylic acids is 1. The Labute approximate surface area is 197 Å². The van der Waals surface area contributed by atoms with Crippen molar-refractivity contribution in [1.82, 2.24) is 0 Å². The maximum absolute atomic E-state index is 13.2. The lowest BCUT2D eigenvalue weighted by Crippen LogP contribution is -2.62. The van der Waals surface area contributed by atoms with Gasteiger partial charge in [0.25, 0.3) is 0 Å². The molecule has 4 nitrogen and oxygen atoms in total. The summed E-state index contributed by atoms with van der Waals surface area (Å²) in [5.41, 5.74) is 2.44. The first-order chi connectivity index (χ1) is 15.3. The fourth-order valence-corrected chi connectivity index (χ4v) is 7.52. The molecule has 2 saturated carbocycles. The molecule has 1 saturated heterocycles. The number of fused-ring (bicyclic) bond motifs is 2. The molecule has 0 radical (unpaired) electrons. The molecule has 2 aromatic carbocycles. The van der Waals surface area contributed by atoms with E-state index in [1.54, 1.807) is 6.07 Å². The van der Waals surface area contributed by atoms with Crippen LogP contribution in [0.3, 0.4) is 0 Å². The second-order valence-corrected chi connectivity index (χ2v) is 12.5. The van der Waals surface area contributed by atoms with Crippen molar-refractivity contribution in [2.24, 2.45) is 22.2 Å². The van der Waals surface area contributed by atoms with Crippen molar-refractivity contribution >= 4 is 16.7 Å². The van der Waals surface area contributed by atoms with E-state index < -0.39 is 5.60 Å². The molecule has 4 heteroatoms. The van der Waals surface area contributed by atoms with Gasteiger partial charge in [-0.05, 0) is 99.1 Å². The van der Waals surface area contributed by atoms with Gasteiger partial charge >= 0.3 is 5.97 Å². The Balaban J connectivity index is 1.51. The second-order valence-electron chi connectivity index (χ2n) is 12.5. The number of esters is 1. The molecule has 0 amide bonds. The molecule has 3 fully saturated rings. The topological polar surface area (TPSA) is 66.8 Å². The van der Waals surface area contributed by atoms with Gasteiger partial charge in [0.15, 0.2) is 11.5 Å². The first-order valence-electron chi connectivity index (χ1n) is 12.5. The van der Waals surface area contributed by atoms with Crippen molar-refractivity contribution in [2.45, 2.75) is 92.1 Å². The van der Waals surface area contributed by atoms with Crippen LogP contribution in [-0.2, 0) is 16.0 Å². The van der Waals surface area contributed by atoms with Crippen LogP contribution in [0.25, 0.3) is 10.8 Å². The van der Waals surface area contributed by atoms with Crippen molar-refractivity contribution < 1.29 is 19.7 Å². The molecule has 2 aliphatic carbocycles. The summed E-state index contributed by atoms with van der Waals surface area (Å²) < 4.78 is 6.51. The molecular formula is C29H38O4. The maximum atomic E-state index is 13.2. The monoisotopic (exact) mass is 450 g/mol. The second kappa shape index (κ2) is 6.90. The summed E-state index contributed by atoms with van der Waals surface area (Å²) in [6.45, 7) is 13.1. The van der Waals surface area contributed by atoms with Crippen LogP contribution in [0.1, 0.15) is 82.9 Å². The zero-order valence-corrected chi connectivity index (χ0v) is 21.0. The molecule has 1 aliphatic heterocycles. The molecule has 5 rings (SSSR count). The van der Waals surface area contributed by atoms with E-state index in [9.17, 15) is 15.0 Å². The van der Waals surface area contributed by atoms with Crippen LogP contribution in [0.5, 0.6) is 11.5 Å². The third kappa shape index (κ3) is 2.98. The van der Waals surface area contributed by atoms with Crippen molar-refractivity contribution in [2.75, 3.05) is 0 Å². The van der Waals surface area contributed by atoms with Crippen LogP contribution in [0.2, 0.25) is 0 Å². The number of benzene rings is 2. The number of phenols is 2. The SMILES string of the molecule is Cc1ccc2c(C)c(O)c(O)cc2c1CCC(C)(C)[C@]12CC[C@@]3(C)CC[C@](C)(C[C@H]31)C(=O)O2. The molecule has 2 N–H and O–H groups in total. The number of rotatable bonds is 4. The number of aryl methyl sites for hydroxylation is 3. The predicted molar refractivity (Wildman–Crippen MR) is 130 cm³/mol. The Morgan fingerprint density at radius 2 is 1.76 bits per heavy atom. The first kappa shape index (κ1) is 22.6. The first-order valence-corrected chi connectivity index (χ1v) is 12.5. The average molecular weight is 451 g/mol. The summed E-state index contributed by atoms with van der Waals surface area (Å²) in [6, 6.07) is 5.83. The third-order valence-electron chi connectivity index (χ3n) is 10.2. The lowest BCUT2D eigenvalue weighted by Gasteiger charge is -2.59. The zero-order valence-electron chi connectivity index (χ0n) is 21.0. The lowest BCUT2D eigenvalue weighted by atomic mass is 9.52. The summed E-state index contributed by atoms with van der Waals surface area (Å²) in [4.78, 5) is 13.2. The molecule has 2 aromatic rings. The molecule has 2 bridgehead atoms. The van der Waals surface area contributed by atoms with Gasteiger partial charge in [-0.25, -0.2) is 0 Å². The molecule has 4 atom stereocenters. The van der Waals surface area contributed by atoms with E-state index in [0.717, 1.165) is 55.7 Å². The average Bonchev–Trinajstić information content (AvgIpc) is 3.07. The minimum absolute atomic E-state index is 0.00754. The fraction of sp³-hybridized carbons (Fsp3) is 0.621. The molecule has 0 spiro atoms. The summed E-state index contributed by atoms with van der Waals surface area (Å²) in [7, 11) is 0. The van der Waals surface area contributed by atoms with Crippen LogP contribution in [-0.4, -0.2) is 21.8 Å². The quantitative estimate of drug-likeness (QED) is 0.400. The Morgan fingerprint density at radius 3 is 2.48 bits per heavy atom. The van der Waals surface area contributed by atoms with E-state index in [4.69, 9.17) is 4.74 Å². The Hall–Kier alpha value is -2.23. The van der Waals surface area contributed by atoms with Gasteiger partial charge in [0.2, 0.25) is 0 Å². The van der Waals surface area contributed by atoms with Gasteiger partial charge in [-0.15, -0.1) is 0 Å². The largest absolute Gasteiger partial charge is 0.504 e. The highest BCUT2D eigenvalue weighted by atomic mass is 16.6. The Morgan fingerprint density at radius 1 is 1.06 bits per heavy atom. The molecule has 33 heavy (non-hydrogen) atoms. The number of carbonyl (C=O) groups is 1. The van der Waals surface area contributed by atoms with E-state index in [1.807, 2.05) is 13.0 Å². The molecule has 0 aromatic heterocycles. The van der Waals surface area contributed by atoms with Gasteiger partial charge in [0, 0.05) is 16.9 Å². The molecule has 3 aliphatic rings. The van der Waals surface area contributed by atoms with Gasteiger partial charge in [0.1, 0.15) is 5.60 Å². The number of hydrogen-bond acceptors (Lipinski definition) is 4. The molecule has 0 unspecified atom stereocenters. The summed E-state index contributed by atoms with van der Waals surface area (Å²) >= 11 is 0. The molecular weight excluding hydrogens is 412 g/mol. The van der Waals surface area contributed by atoms with Gasteiger partial charge in [0.05, 0.1) is 5.41 Å². The minimum Gasteiger partial charge on any atom is -0.504 e. The summed E-state index contributed by atoms with van der Waals surface area (Å²) in [5.74, 6) is 0.302. The number of phenolic OH excluding ortho intramolecular Hbond substituents is 2. The van der Waals surface area contributed by atoms with Gasteiger partial charge in [-0.2, -0.15) is 0 Å². The third-order valence-corrected chi connectivity index (χ3v) is 10.2. The summed E-state index contributed by atoms with van der Waals surface area (Å²) in [5, 5.41) is 22.5. The lowest BCUT2D eigenvalue weighted by molar-refractivity contribution is -0.230. The Bertz CT molecular complexity index is 1160. The normalized spacial score (nSPS) is 33.4. The van der Waals surface area contributed by atoms with E-state index in [-0.39, 0.29) is 33.7 Å². The van der Waals surface area contributed by atoms with E-state index >= 15 is 0 Å². The van der Waals surface area contributed by atoms with Crippen molar-refractivity contribution in [1.29, 1.82) is 0 Å². The van der Waals surface area contributed by atoms with Crippen LogP contribution < -0.4 is 0 Å². The highest BCUT2D eigenvalue weighted by molar-refractivity contribution is 5.93. The van der Waals surface area contributed by atoms with Crippen molar-refractivity contribution in [3.63, 3.8) is 0 Å². The minimum atomic E-state index is -0.409. The van der Waals surface area contributed by atoms with Crippen LogP contribution in [0.15, 0.2) is 18.2 Å². The maximum Gasteiger partial charge on any atom is 0.312 e. The standard InChI is InChI=1S/C29H38O4/c1-17-7-8-20-18(2)24(31)22(30)15-21(20)19(17)9-10-26(3,4)29-14-13-27(5)11-12-28(6,16-23(27)29)25(32)33-29/h7-8,15,23,30-31H,9-14,16H2,1-6H3/t23-,27-,28-,29+/m1/s1. The number of aromatic hydroxyl groups is 2. The van der Waals surface area contributed by atoms with Gasteiger partial charge in [-0.3, -0.25) is 4.79 Å². The fourth-order valence-electron chi connectivity index (χ4n) is 7.52. The smallest absolute Gasteiger partial charge is 0.312 e. The van der Waals surface area contributed by atoms with E-state index in [2.05, 4.69) is 40.7 Å². The zero-order chi connectivity index (χ0) is 24.0. The van der Waals surface area contributed by atoms with Gasteiger partial charge < -0.3 is 14.9 Å². The molecule has 1 heterocycles. The predicted octanol–water partition coefficient (Wildman–Crippen LogP) is 6.73. The van der Waals surface area contributed by atoms with Crippen LogP contribution >= 0.6 is 0 Å². The van der Waals surface area contributed by atoms with Crippen molar-refractivity contribution in [3.05, 3.63) is 34.9 Å². The van der Waals surface area contributed by atoms with Crippen molar-refractivity contribution in [3.8, 4) is 11.5 Å². The Kier molecular flexibility index (Phi) is 4.71. The summed E-state index contributed by atoms with van der Waals surface area (Å²) in [6.07, 6.45) is 6.82. The van der Waals surface area contributed by atoms with Crippen LogP contribution in [0, 0.1) is 36.0 Å². The van der Waals surface area contributed by atoms with E-state index in [0.29, 0.717) is 11.5 Å². The van der Waals surface area contributed by atoms with Gasteiger partial charge in [-0.1, -0.05) is 32.9 Å². The van der Waals surface area contributed by atoms with E-state index in [1.165, 1.54) is 11.1 Å². The highest BCUT2D eigenvalue weighted by Crippen LogP contribution is 2.69. The number of ether oxygens (including phenoxy) is 1. The molecule has 178 valence electrons. The number of hydrogen-bond donors (Lipinski definition) is 2.